The summed E-state index contributed by atoms with van der Waals surface area (Å²) in [5.41, 5.74) is 4.16. The number of hydrogen-bond acceptors (Lipinski definition) is 3. The number of hydrogen-bond donors (Lipinski definition) is 0. The Morgan fingerprint density at radius 1 is 1.33 bits per heavy atom. The largest absolute Gasteiger partial charge is 0.372 e. The van der Waals surface area contributed by atoms with Crippen molar-refractivity contribution in [2.24, 2.45) is 0 Å². The zero-order chi connectivity index (χ0) is 17.1. The van der Waals surface area contributed by atoms with E-state index in [2.05, 4.69) is 48.5 Å². The molecule has 0 aromatic heterocycles. The molecule has 3 rings (SSSR count). The van der Waals surface area contributed by atoms with Gasteiger partial charge in [0.25, 0.3) is 0 Å². The van der Waals surface area contributed by atoms with Crippen LogP contribution in [0, 0.1) is 0 Å². The zero-order valence-corrected chi connectivity index (χ0v) is 15.0. The van der Waals surface area contributed by atoms with Crippen LogP contribution in [0.3, 0.4) is 0 Å². The van der Waals surface area contributed by atoms with Crippen LogP contribution in [0.4, 0.5) is 5.69 Å². The molecule has 2 heterocycles. The third-order valence-corrected chi connectivity index (χ3v) is 5.32. The Morgan fingerprint density at radius 2 is 2.17 bits per heavy atom. The number of anilines is 1. The highest BCUT2D eigenvalue weighted by molar-refractivity contribution is 5.84. The molecule has 130 valence electrons. The van der Waals surface area contributed by atoms with E-state index >= 15 is 0 Å². The SMILES string of the molecule is C=CCN1CCC(N(C)Cc2ccc3c(c2)CCCN3CC)C1=O. The van der Waals surface area contributed by atoms with Crippen LogP contribution in [0.1, 0.15) is 30.9 Å². The lowest BCUT2D eigenvalue weighted by Crippen LogP contribution is -2.39. The highest BCUT2D eigenvalue weighted by Gasteiger charge is 2.33. The number of fused-ring (bicyclic) bond motifs is 1. The first-order valence-corrected chi connectivity index (χ1v) is 9.10. The minimum atomic E-state index is 0.00752. The molecule has 0 radical (unpaired) electrons. The predicted octanol–water partition coefficient (Wildman–Crippen LogP) is 2.68. The first-order chi connectivity index (χ1) is 11.6. The van der Waals surface area contributed by atoms with Gasteiger partial charge in [-0.2, -0.15) is 0 Å². The third-order valence-electron chi connectivity index (χ3n) is 5.32. The van der Waals surface area contributed by atoms with Crippen molar-refractivity contribution >= 4 is 11.6 Å². The Labute approximate surface area is 145 Å². The quantitative estimate of drug-likeness (QED) is 0.752. The first-order valence-electron chi connectivity index (χ1n) is 9.10. The molecule has 0 spiro atoms. The molecule has 1 atom stereocenters. The lowest BCUT2D eigenvalue weighted by Gasteiger charge is -2.31. The molecule has 0 bridgehead atoms. The van der Waals surface area contributed by atoms with Crippen molar-refractivity contribution in [1.82, 2.24) is 9.80 Å². The molecule has 1 unspecified atom stereocenters. The van der Waals surface area contributed by atoms with E-state index in [9.17, 15) is 4.79 Å². The maximum absolute atomic E-state index is 12.5. The number of carbonyl (C=O) groups excluding carboxylic acids is 1. The van der Waals surface area contributed by atoms with Gasteiger partial charge >= 0.3 is 0 Å². The van der Waals surface area contributed by atoms with E-state index in [0.29, 0.717) is 6.54 Å². The van der Waals surface area contributed by atoms with Crippen molar-refractivity contribution in [2.75, 3.05) is 38.1 Å². The van der Waals surface area contributed by atoms with Crippen LogP contribution in [0.15, 0.2) is 30.9 Å². The number of likely N-dealkylation sites (N-methyl/N-ethyl adjacent to an activating group) is 1. The Balaban J connectivity index is 1.68. The molecule has 2 aliphatic rings. The number of likely N-dealkylation sites (tertiary alicyclic amines) is 1. The number of benzene rings is 1. The van der Waals surface area contributed by atoms with Gasteiger partial charge in [-0.15, -0.1) is 6.58 Å². The van der Waals surface area contributed by atoms with Gasteiger partial charge in [0, 0.05) is 38.4 Å². The van der Waals surface area contributed by atoms with Crippen molar-refractivity contribution in [1.29, 1.82) is 0 Å². The molecule has 0 N–H and O–H groups in total. The van der Waals surface area contributed by atoms with Crippen LogP contribution in [0.5, 0.6) is 0 Å². The molecule has 1 fully saturated rings. The smallest absolute Gasteiger partial charge is 0.240 e. The van der Waals surface area contributed by atoms with E-state index in [1.807, 2.05) is 11.0 Å². The second-order valence-corrected chi connectivity index (χ2v) is 6.94. The van der Waals surface area contributed by atoms with Gasteiger partial charge in [0.15, 0.2) is 0 Å². The van der Waals surface area contributed by atoms with Crippen LogP contribution in [0.25, 0.3) is 0 Å². The maximum Gasteiger partial charge on any atom is 0.240 e. The summed E-state index contributed by atoms with van der Waals surface area (Å²) in [6.07, 6.45) is 5.12. The number of nitrogens with zero attached hydrogens (tertiary/aromatic N) is 3. The fourth-order valence-electron chi connectivity index (χ4n) is 4.02. The summed E-state index contributed by atoms with van der Waals surface area (Å²) < 4.78 is 0. The summed E-state index contributed by atoms with van der Waals surface area (Å²) in [4.78, 5) is 19.0. The second kappa shape index (κ2) is 7.39. The van der Waals surface area contributed by atoms with E-state index < -0.39 is 0 Å². The van der Waals surface area contributed by atoms with Crippen molar-refractivity contribution < 1.29 is 4.79 Å². The van der Waals surface area contributed by atoms with Crippen LogP contribution in [0.2, 0.25) is 0 Å². The van der Waals surface area contributed by atoms with Crippen LogP contribution < -0.4 is 4.90 Å². The average molecular weight is 327 g/mol. The monoisotopic (exact) mass is 327 g/mol. The van der Waals surface area contributed by atoms with Gasteiger partial charge in [-0.25, -0.2) is 0 Å². The Hall–Kier alpha value is -1.81. The first kappa shape index (κ1) is 17.0. The highest BCUT2D eigenvalue weighted by Crippen LogP contribution is 2.28. The standard InChI is InChI=1S/C20H29N3O/c1-4-11-23-13-10-19(20(23)24)21(3)15-16-8-9-18-17(14-16)7-6-12-22(18)5-2/h4,8-9,14,19H,1,5-7,10-13,15H2,2-3H3. The van der Waals surface area contributed by atoms with E-state index in [1.54, 1.807) is 0 Å². The Kier molecular flexibility index (Phi) is 5.24. The maximum atomic E-state index is 12.5. The summed E-state index contributed by atoms with van der Waals surface area (Å²) in [7, 11) is 2.07. The summed E-state index contributed by atoms with van der Waals surface area (Å²) in [5.74, 6) is 0.243. The molecular formula is C20H29N3O. The van der Waals surface area contributed by atoms with Crippen LogP contribution in [-0.2, 0) is 17.8 Å². The fourth-order valence-corrected chi connectivity index (χ4v) is 4.02. The van der Waals surface area contributed by atoms with Gasteiger partial charge in [0.1, 0.15) is 0 Å². The lowest BCUT2D eigenvalue weighted by atomic mass is 9.99. The molecule has 0 aliphatic carbocycles. The average Bonchev–Trinajstić information content (AvgIpc) is 2.95. The number of amides is 1. The van der Waals surface area contributed by atoms with Gasteiger partial charge in [-0.05, 0) is 50.4 Å². The van der Waals surface area contributed by atoms with Gasteiger partial charge < -0.3 is 9.80 Å². The second-order valence-electron chi connectivity index (χ2n) is 6.94. The molecular weight excluding hydrogens is 298 g/mol. The molecule has 1 saturated heterocycles. The minimum absolute atomic E-state index is 0.00752. The minimum Gasteiger partial charge on any atom is -0.372 e. The van der Waals surface area contributed by atoms with E-state index in [-0.39, 0.29) is 11.9 Å². The fraction of sp³-hybridized carbons (Fsp3) is 0.550. The van der Waals surface area contributed by atoms with Crippen molar-refractivity contribution in [3.63, 3.8) is 0 Å². The molecule has 2 aliphatic heterocycles. The molecule has 4 heteroatoms. The molecule has 4 nitrogen and oxygen atoms in total. The highest BCUT2D eigenvalue weighted by atomic mass is 16.2. The number of aryl methyl sites for hydroxylation is 1. The van der Waals surface area contributed by atoms with Crippen LogP contribution >= 0.6 is 0 Å². The zero-order valence-electron chi connectivity index (χ0n) is 15.0. The van der Waals surface area contributed by atoms with Gasteiger partial charge in [0.05, 0.1) is 6.04 Å². The third kappa shape index (κ3) is 3.34. The summed E-state index contributed by atoms with van der Waals surface area (Å²) in [5, 5.41) is 0. The normalized spacial score (nSPS) is 20.6. The molecule has 1 aromatic carbocycles. The Morgan fingerprint density at radius 3 is 2.92 bits per heavy atom. The van der Waals surface area contributed by atoms with Crippen molar-refractivity contribution in [3.8, 4) is 0 Å². The van der Waals surface area contributed by atoms with Gasteiger partial charge in [-0.1, -0.05) is 18.2 Å². The Bertz CT molecular complexity index is 613. The molecule has 1 aromatic rings. The van der Waals surface area contributed by atoms with Crippen molar-refractivity contribution in [2.45, 2.75) is 38.8 Å². The predicted molar refractivity (Wildman–Crippen MR) is 99.3 cm³/mol. The summed E-state index contributed by atoms with van der Waals surface area (Å²) >= 11 is 0. The number of rotatable bonds is 6. The van der Waals surface area contributed by atoms with Crippen LogP contribution in [-0.4, -0.2) is 55.0 Å². The molecule has 24 heavy (non-hydrogen) atoms. The van der Waals surface area contributed by atoms with E-state index in [0.717, 1.165) is 26.1 Å². The van der Waals surface area contributed by atoms with Gasteiger partial charge in [0.2, 0.25) is 5.91 Å². The van der Waals surface area contributed by atoms with Gasteiger partial charge in [-0.3, -0.25) is 9.69 Å². The van der Waals surface area contributed by atoms with E-state index in [1.165, 1.54) is 36.2 Å². The molecule has 1 amide bonds. The van der Waals surface area contributed by atoms with Crippen molar-refractivity contribution in [3.05, 3.63) is 42.0 Å². The summed E-state index contributed by atoms with van der Waals surface area (Å²) in [6, 6.07) is 6.84. The van der Waals surface area contributed by atoms with E-state index in [4.69, 9.17) is 0 Å². The molecule has 0 saturated carbocycles. The topological polar surface area (TPSA) is 26.8 Å². The lowest BCUT2D eigenvalue weighted by molar-refractivity contribution is -0.131. The number of carbonyl (C=O) groups is 1. The summed E-state index contributed by atoms with van der Waals surface area (Å²) in [6.45, 7) is 10.5.